The van der Waals surface area contributed by atoms with Gasteiger partial charge >= 0.3 is 12.0 Å². The van der Waals surface area contributed by atoms with E-state index in [0.29, 0.717) is 18.8 Å². The highest BCUT2D eigenvalue weighted by Gasteiger charge is 2.31. The van der Waals surface area contributed by atoms with Crippen LogP contribution in [0.4, 0.5) is 10.5 Å². The number of amides is 4. The van der Waals surface area contributed by atoms with Crippen LogP contribution in [0.3, 0.4) is 0 Å². The van der Waals surface area contributed by atoms with E-state index >= 15 is 0 Å². The first-order chi connectivity index (χ1) is 15.0. The third-order valence-electron chi connectivity index (χ3n) is 5.68. The summed E-state index contributed by atoms with van der Waals surface area (Å²) in [5, 5.41) is 5.40. The van der Waals surface area contributed by atoms with Crippen LogP contribution in [0, 0.1) is 5.92 Å². The number of ether oxygens (including phenoxy) is 1. The van der Waals surface area contributed by atoms with E-state index < -0.39 is 5.97 Å². The van der Waals surface area contributed by atoms with Crippen molar-refractivity contribution in [1.29, 1.82) is 0 Å². The number of benzene rings is 1. The Hall–Kier alpha value is -3.10. The highest BCUT2D eigenvalue weighted by atomic mass is 16.5. The fourth-order valence-electron chi connectivity index (χ4n) is 3.91. The van der Waals surface area contributed by atoms with Gasteiger partial charge < -0.3 is 25.2 Å². The largest absolute Gasteiger partial charge is 0.468 e. The van der Waals surface area contributed by atoms with E-state index in [2.05, 4.69) is 15.4 Å². The number of hydrogen-bond acceptors (Lipinski definition) is 5. The first kappa shape index (κ1) is 22.6. The lowest BCUT2D eigenvalue weighted by Crippen LogP contribution is -2.48. The van der Waals surface area contributed by atoms with Gasteiger partial charge in [-0.3, -0.25) is 14.4 Å². The molecule has 31 heavy (non-hydrogen) atoms. The number of nitrogens with zero attached hydrogens (tertiary/aromatic N) is 2. The van der Waals surface area contributed by atoms with Gasteiger partial charge in [0.15, 0.2) is 0 Å². The summed E-state index contributed by atoms with van der Waals surface area (Å²) in [6.45, 7) is 2.59. The maximum Gasteiger partial charge on any atom is 0.325 e. The molecular formula is C22H30N4O5. The summed E-state index contributed by atoms with van der Waals surface area (Å²) in [6, 6.07) is 7.06. The smallest absolute Gasteiger partial charge is 0.325 e. The first-order valence-electron chi connectivity index (χ1n) is 10.7. The highest BCUT2D eigenvalue weighted by Crippen LogP contribution is 2.21. The predicted molar refractivity (Wildman–Crippen MR) is 114 cm³/mol. The Bertz CT molecular complexity index is 805. The molecule has 0 aliphatic carbocycles. The van der Waals surface area contributed by atoms with Gasteiger partial charge in [-0.15, -0.1) is 0 Å². The molecule has 2 fully saturated rings. The van der Waals surface area contributed by atoms with E-state index in [1.807, 2.05) is 4.90 Å². The van der Waals surface area contributed by atoms with Crippen molar-refractivity contribution in [2.45, 2.75) is 32.1 Å². The second-order valence-electron chi connectivity index (χ2n) is 7.98. The molecule has 0 aromatic heterocycles. The van der Waals surface area contributed by atoms with Gasteiger partial charge in [0.05, 0.1) is 19.4 Å². The highest BCUT2D eigenvalue weighted by molar-refractivity contribution is 5.93. The summed E-state index contributed by atoms with van der Waals surface area (Å²) >= 11 is 0. The molecule has 1 aromatic rings. The molecule has 1 atom stereocenters. The molecule has 9 heteroatoms. The average molecular weight is 431 g/mol. The minimum atomic E-state index is -0.505. The van der Waals surface area contributed by atoms with Crippen LogP contribution in [-0.4, -0.2) is 73.4 Å². The third-order valence-corrected chi connectivity index (χ3v) is 5.68. The van der Waals surface area contributed by atoms with Gasteiger partial charge in [-0.25, -0.2) is 4.79 Å². The number of carbonyl (C=O) groups is 4. The molecule has 0 saturated carbocycles. The van der Waals surface area contributed by atoms with Crippen LogP contribution in [0.5, 0.6) is 0 Å². The van der Waals surface area contributed by atoms with Crippen molar-refractivity contribution in [2.75, 3.05) is 45.2 Å². The number of likely N-dealkylation sites (tertiary alicyclic amines) is 2. The minimum absolute atomic E-state index is 0.0461. The summed E-state index contributed by atoms with van der Waals surface area (Å²) in [6.07, 6.45) is 3.80. The molecule has 2 saturated heterocycles. The van der Waals surface area contributed by atoms with Crippen molar-refractivity contribution >= 4 is 29.5 Å². The van der Waals surface area contributed by atoms with Crippen LogP contribution >= 0.6 is 0 Å². The van der Waals surface area contributed by atoms with Crippen molar-refractivity contribution in [3.8, 4) is 0 Å². The van der Waals surface area contributed by atoms with Gasteiger partial charge in [-0.1, -0.05) is 12.1 Å². The normalized spacial score (nSPS) is 18.4. The molecule has 3 rings (SSSR count). The lowest BCUT2D eigenvalue weighted by molar-refractivity contribution is -0.141. The monoisotopic (exact) mass is 430 g/mol. The summed E-state index contributed by atoms with van der Waals surface area (Å²) in [7, 11) is 1.26. The van der Waals surface area contributed by atoms with Crippen LogP contribution in [0.2, 0.25) is 0 Å². The third kappa shape index (κ3) is 6.44. The number of urea groups is 1. The van der Waals surface area contributed by atoms with Gasteiger partial charge in [-0.2, -0.15) is 0 Å². The number of hydrogen-bond donors (Lipinski definition) is 2. The molecule has 1 aromatic carbocycles. The van der Waals surface area contributed by atoms with Gasteiger partial charge in [0, 0.05) is 31.9 Å². The number of piperidine rings is 1. The van der Waals surface area contributed by atoms with E-state index in [-0.39, 0.29) is 36.7 Å². The van der Waals surface area contributed by atoms with Crippen molar-refractivity contribution in [3.05, 3.63) is 29.8 Å². The van der Waals surface area contributed by atoms with Crippen molar-refractivity contribution < 1.29 is 23.9 Å². The molecule has 2 aliphatic heterocycles. The average Bonchev–Trinajstić information content (AvgIpc) is 3.33. The predicted octanol–water partition coefficient (Wildman–Crippen LogP) is 1.38. The molecule has 2 heterocycles. The maximum absolute atomic E-state index is 12.7. The fraction of sp³-hybridized carbons (Fsp3) is 0.545. The van der Waals surface area contributed by atoms with Crippen molar-refractivity contribution in [2.24, 2.45) is 5.92 Å². The summed E-state index contributed by atoms with van der Waals surface area (Å²) in [5.41, 5.74) is 1.41. The zero-order valence-corrected chi connectivity index (χ0v) is 17.9. The molecule has 0 bridgehead atoms. The number of esters is 1. The van der Waals surface area contributed by atoms with Crippen LogP contribution in [0.1, 0.15) is 31.2 Å². The number of carbonyl (C=O) groups excluding carboxylic acids is 4. The Labute approximate surface area is 182 Å². The topological polar surface area (TPSA) is 108 Å². The van der Waals surface area contributed by atoms with Crippen molar-refractivity contribution in [3.63, 3.8) is 0 Å². The van der Waals surface area contributed by atoms with E-state index in [9.17, 15) is 19.2 Å². The van der Waals surface area contributed by atoms with E-state index in [1.54, 1.807) is 29.2 Å². The first-order valence-corrected chi connectivity index (χ1v) is 10.7. The van der Waals surface area contributed by atoms with Gasteiger partial charge in [0.25, 0.3) is 0 Å². The Morgan fingerprint density at radius 2 is 1.68 bits per heavy atom. The molecule has 168 valence electrons. The van der Waals surface area contributed by atoms with E-state index in [1.165, 1.54) is 7.11 Å². The number of nitrogens with one attached hydrogen (secondary N) is 2. The number of rotatable bonds is 6. The quantitative estimate of drug-likeness (QED) is 0.663. The van der Waals surface area contributed by atoms with Crippen LogP contribution < -0.4 is 10.6 Å². The molecule has 0 spiro atoms. The number of methoxy groups -OCH3 is 1. The maximum atomic E-state index is 12.7. The molecule has 2 aliphatic rings. The van der Waals surface area contributed by atoms with Crippen molar-refractivity contribution in [1.82, 2.24) is 15.1 Å². The molecule has 2 N–H and O–H groups in total. The SMILES string of the molecule is COC(=O)CNC(=O)Cc1ccc(NC(=O)[C@H]2CCCN(C(=O)N3CCCC3)C2)cc1. The lowest BCUT2D eigenvalue weighted by atomic mass is 9.97. The summed E-state index contributed by atoms with van der Waals surface area (Å²) < 4.78 is 4.48. The molecule has 0 radical (unpaired) electrons. The molecular weight excluding hydrogens is 400 g/mol. The summed E-state index contributed by atoms with van der Waals surface area (Å²) in [4.78, 5) is 51.9. The van der Waals surface area contributed by atoms with Crippen LogP contribution in [-0.2, 0) is 25.5 Å². The Morgan fingerprint density at radius 1 is 1.00 bits per heavy atom. The summed E-state index contributed by atoms with van der Waals surface area (Å²) in [5.74, 6) is -1.12. The van der Waals surface area contributed by atoms with Gasteiger partial charge in [0.1, 0.15) is 6.54 Å². The Morgan fingerprint density at radius 3 is 2.35 bits per heavy atom. The zero-order valence-electron chi connectivity index (χ0n) is 17.9. The zero-order chi connectivity index (χ0) is 22.2. The van der Waals surface area contributed by atoms with Crippen LogP contribution in [0.25, 0.3) is 0 Å². The lowest BCUT2D eigenvalue weighted by Gasteiger charge is -2.34. The van der Waals surface area contributed by atoms with E-state index in [0.717, 1.165) is 44.3 Å². The molecule has 4 amide bonds. The van der Waals surface area contributed by atoms with Crippen LogP contribution in [0.15, 0.2) is 24.3 Å². The Kier molecular flexibility index (Phi) is 7.86. The van der Waals surface area contributed by atoms with Gasteiger partial charge in [0.2, 0.25) is 11.8 Å². The number of anilines is 1. The molecule has 0 unspecified atom stereocenters. The fourth-order valence-corrected chi connectivity index (χ4v) is 3.91. The standard InChI is InChI=1S/C22H30N4O5/c1-31-20(28)14-23-19(27)13-16-6-8-18(9-7-16)24-21(29)17-5-4-12-26(15-17)22(30)25-10-2-3-11-25/h6-9,17H,2-5,10-15H2,1H3,(H,23,27)(H,24,29)/t17-/m0/s1. The second-order valence-corrected chi connectivity index (χ2v) is 7.98. The van der Waals surface area contributed by atoms with Gasteiger partial charge in [-0.05, 0) is 43.4 Å². The Balaban J connectivity index is 1.48. The second kappa shape index (κ2) is 10.8. The molecule has 9 nitrogen and oxygen atoms in total. The van der Waals surface area contributed by atoms with E-state index in [4.69, 9.17) is 0 Å². The minimum Gasteiger partial charge on any atom is -0.468 e.